The lowest BCUT2D eigenvalue weighted by atomic mass is 10.2. The number of benzene rings is 2. The van der Waals surface area contributed by atoms with Gasteiger partial charge in [0.2, 0.25) is 5.91 Å². The van der Waals surface area contributed by atoms with E-state index in [0.717, 1.165) is 23.1 Å². The van der Waals surface area contributed by atoms with Gasteiger partial charge in [-0.2, -0.15) is 13.2 Å². The molecule has 1 N–H and O–H groups in total. The summed E-state index contributed by atoms with van der Waals surface area (Å²) in [6, 6.07) is 7.95. The van der Waals surface area contributed by atoms with E-state index in [9.17, 15) is 18.0 Å². The van der Waals surface area contributed by atoms with Crippen LogP contribution < -0.4 is 14.8 Å². The van der Waals surface area contributed by atoms with E-state index < -0.39 is 22.9 Å². The van der Waals surface area contributed by atoms with Crippen molar-refractivity contribution >= 4 is 35.0 Å². The third-order valence-corrected chi connectivity index (χ3v) is 5.01. The highest BCUT2D eigenvalue weighted by Gasteiger charge is 2.31. The Morgan fingerprint density at radius 2 is 1.78 bits per heavy atom. The number of rotatable bonds is 6. The summed E-state index contributed by atoms with van der Waals surface area (Å²) in [5.41, 5.74) is -0.973. The van der Waals surface area contributed by atoms with Gasteiger partial charge in [-0.3, -0.25) is 4.79 Å². The smallest absolute Gasteiger partial charge is 0.416 e. The lowest BCUT2D eigenvalue weighted by Crippen LogP contribution is -2.22. The molecular weight excluding hydrogens is 403 g/mol. The Kier molecular flexibility index (Phi) is 6.89. The van der Waals surface area contributed by atoms with Crippen LogP contribution in [-0.4, -0.2) is 25.4 Å². The molecule has 0 heterocycles. The van der Waals surface area contributed by atoms with E-state index in [1.807, 2.05) is 0 Å². The summed E-state index contributed by atoms with van der Waals surface area (Å²) < 4.78 is 48.9. The van der Waals surface area contributed by atoms with Gasteiger partial charge in [-0.25, -0.2) is 0 Å². The number of nitrogens with one attached hydrogen (secondary N) is 1. The van der Waals surface area contributed by atoms with E-state index in [0.29, 0.717) is 11.5 Å². The Hall–Kier alpha value is -2.06. The molecule has 1 atom stereocenters. The molecule has 0 spiro atoms. The fourth-order valence-electron chi connectivity index (χ4n) is 2.18. The number of hydrogen-bond donors (Lipinski definition) is 1. The minimum atomic E-state index is -4.52. The molecule has 0 saturated heterocycles. The van der Waals surface area contributed by atoms with Crippen molar-refractivity contribution in [1.29, 1.82) is 0 Å². The first-order chi connectivity index (χ1) is 12.7. The summed E-state index contributed by atoms with van der Waals surface area (Å²) in [5, 5.41) is 1.88. The molecule has 1 unspecified atom stereocenters. The number of alkyl halides is 3. The molecule has 9 heteroatoms. The van der Waals surface area contributed by atoms with Crippen molar-refractivity contribution in [2.45, 2.75) is 23.2 Å². The van der Waals surface area contributed by atoms with Crippen molar-refractivity contribution in [2.75, 3.05) is 19.5 Å². The molecule has 0 aromatic heterocycles. The zero-order valence-electron chi connectivity index (χ0n) is 14.7. The second-order valence-electron chi connectivity index (χ2n) is 5.46. The molecule has 2 rings (SSSR count). The van der Waals surface area contributed by atoms with Crippen LogP contribution in [0.1, 0.15) is 12.5 Å². The van der Waals surface area contributed by atoms with Gasteiger partial charge in [-0.1, -0.05) is 11.6 Å². The minimum Gasteiger partial charge on any atom is -0.493 e. The molecule has 0 fully saturated rings. The maximum absolute atomic E-state index is 12.8. The van der Waals surface area contributed by atoms with Crippen LogP contribution in [0.2, 0.25) is 5.02 Å². The predicted octanol–water partition coefficient (Wildman–Crippen LogP) is 5.50. The fraction of sp³-hybridized carbons (Fsp3) is 0.278. The maximum Gasteiger partial charge on any atom is 0.416 e. The average Bonchev–Trinajstić information content (AvgIpc) is 2.62. The summed E-state index contributed by atoms with van der Waals surface area (Å²) in [7, 11) is 3.01. The van der Waals surface area contributed by atoms with Crippen LogP contribution in [0.15, 0.2) is 41.3 Å². The number of amides is 1. The van der Waals surface area contributed by atoms with Crippen molar-refractivity contribution in [3.05, 3.63) is 47.0 Å². The Morgan fingerprint density at radius 3 is 2.37 bits per heavy atom. The van der Waals surface area contributed by atoms with Crippen molar-refractivity contribution in [3.63, 3.8) is 0 Å². The Morgan fingerprint density at radius 1 is 1.11 bits per heavy atom. The van der Waals surface area contributed by atoms with Crippen molar-refractivity contribution in [2.24, 2.45) is 0 Å². The van der Waals surface area contributed by atoms with Gasteiger partial charge < -0.3 is 14.8 Å². The molecule has 0 saturated carbocycles. The van der Waals surface area contributed by atoms with Gasteiger partial charge in [0.15, 0.2) is 11.5 Å². The first kappa shape index (κ1) is 21.2. The molecule has 1 amide bonds. The van der Waals surface area contributed by atoms with Crippen molar-refractivity contribution < 1.29 is 27.4 Å². The van der Waals surface area contributed by atoms with E-state index in [2.05, 4.69) is 5.32 Å². The average molecular weight is 420 g/mol. The molecule has 0 radical (unpaired) electrons. The number of carbonyl (C=O) groups is 1. The number of methoxy groups -OCH3 is 2. The monoisotopic (exact) mass is 419 g/mol. The molecule has 0 aliphatic rings. The summed E-state index contributed by atoms with van der Waals surface area (Å²) in [6.07, 6.45) is -4.52. The first-order valence-electron chi connectivity index (χ1n) is 7.72. The lowest BCUT2D eigenvalue weighted by Gasteiger charge is -2.15. The summed E-state index contributed by atoms with van der Waals surface area (Å²) in [5.74, 6) is 0.585. The Balaban J connectivity index is 2.12. The number of halogens is 4. The molecule has 0 aliphatic carbocycles. The lowest BCUT2D eigenvalue weighted by molar-refractivity contribution is -0.137. The quantitative estimate of drug-likeness (QED) is 0.628. The molecule has 2 aromatic carbocycles. The van der Waals surface area contributed by atoms with Crippen LogP contribution in [0.3, 0.4) is 0 Å². The van der Waals surface area contributed by atoms with Crippen LogP contribution in [0.4, 0.5) is 18.9 Å². The molecule has 0 aliphatic heterocycles. The predicted molar refractivity (Wildman–Crippen MR) is 99.9 cm³/mol. The largest absolute Gasteiger partial charge is 0.493 e. The van der Waals surface area contributed by atoms with Crippen molar-refractivity contribution in [3.8, 4) is 11.5 Å². The summed E-state index contributed by atoms with van der Waals surface area (Å²) in [6.45, 7) is 1.64. The van der Waals surface area contributed by atoms with E-state index >= 15 is 0 Å². The number of anilines is 1. The second-order valence-corrected chi connectivity index (χ2v) is 7.28. The van der Waals surface area contributed by atoms with Crippen LogP contribution in [-0.2, 0) is 11.0 Å². The van der Waals surface area contributed by atoms with Gasteiger partial charge >= 0.3 is 6.18 Å². The second kappa shape index (κ2) is 8.75. The highest BCUT2D eigenvalue weighted by atomic mass is 35.5. The Bertz CT molecular complexity index is 830. The number of hydrogen-bond acceptors (Lipinski definition) is 4. The van der Waals surface area contributed by atoms with E-state index in [4.69, 9.17) is 21.1 Å². The van der Waals surface area contributed by atoms with Gasteiger partial charge in [-0.05, 0) is 43.3 Å². The number of thioether (sulfide) groups is 1. The molecule has 0 bridgehead atoms. The maximum atomic E-state index is 12.8. The Labute approximate surface area is 164 Å². The molecule has 146 valence electrons. The highest BCUT2D eigenvalue weighted by Crippen LogP contribution is 2.36. The van der Waals surface area contributed by atoms with E-state index in [1.54, 1.807) is 25.1 Å². The number of ether oxygens (including phenoxy) is 2. The van der Waals surface area contributed by atoms with Gasteiger partial charge in [0, 0.05) is 4.90 Å². The SMILES string of the molecule is COc1ccc(SC(C)C(=O)Nc2cc(C(F)(F)F)ccc2Cl)cc1OC. The van der Waals surface area contributed by atoms with Gasteiger partial charge in [-0.15, -0.1) is 11.8 Å². The normalized spacial score (nSPS) is 12.4. The third-order valence-electron chi connectivity index (χ3n) is 3.59. The van der Waals surface area contributed by atoms with Crippen molar-refractivity contribution in [1.82, 2.24) is 0 Å². The topological polar surface area (TPSA) is 47.6 Å². The zero-order chi connectivity index (χ0) is 20.2. The standard InChI is InChI=1S/C18H17ClF3NO3S/c1-10(27-12-5-7-15(25-2)16(9-12)26-3)17(24)23-14-8-11(18(20,21)22)4-6-13(14)19/h4-10H,1-3H3,(H,23,24). The van der Waals surface area contributed by atoms with Crippen LogP contribution in [0.5, 0.6) is 11.5 Å². The summed E-state index contributed by atoms with van der Waals surface area (Å²) >= 11 is 7.13. The van der Waals surface area contributed by atoms with Gasteiger partial charge in [0.25, 0.3) is 0 Å². The van der Waals surface area contributed by atoms with Gasteiger partial charge in [0.1, 0.15) is 0 Å². The van der Waals surface area contributed by atoms with E-state index in [1.165, 1.54) is 26.0 Å². The van der Waals surface area contributed by atoms with Crippen LogP contribution in [0.25, 0.3) is 0 Å². The fourth-order valence-corrected chi connectivity index (χ4v) is 3.24. The molecule has 2 aromatic rings. The summed E-state index contributed by atoms with van der Waals surface area (Å²) in [4.78, 5) is 13.1. The number of carbonyl (C=O) groups excluding carboxylic acids is 1. The molecular formula is C18H17ClF3NO3S. The third kappa shape index (κ3) is 5.46. The van der Waals surface area contributed by atoms with Gasteiger partial charge in [0.05, 0.1) is 35.7 Å². The van der Waals surface area contributed by atoms with Crippen LogP contribution in [0, 0.1) is 0 Å². The zero-order valence-corrected chi connectivity index (χ0v) is 16.3. The van der Waals surface area contributed by atoms with E-state index in [-0.39, 0.29) is 10.7 Å². The van der Waals surface area contributed by atoms with Crippen LogP contribution >= 0.6 is 23.4 Å². The molecule has 4 nitrogen and oxygen atoms in total. The minimum absolute atomic E-state index is 0.0275. The first-order valence-corrected chi connectivity index (χ1v) is 8.97. The molecule has 27 heavy (non-hydrogen) atoms. The highest BCUT2D eigenvalue weighted by molar-refractivity contribution is 8.00.